The van der Waals surface area contributed by atoms with Gasteiger partial charge in [0, 0.05) is 17.3 Å². The number of benzene rings is 2. The van der Waals surface area contributed by atoms with Crippen LogP contribution in [0.4, 0.5) is 5.00 Å². The zero-order valence-electron chi connectivity index (χ0n) is 17.3. The summed E-state index contributed by atoms with van der Waals surface area (Å²) in [5.74, 6) is -0.243. The number of imidazole rings is 1. The zero-order valence-corrected chi connectivity index (χ0v) is 19.0. The number of hydrazone groups is 1. The largest absolute Gasteiger partial charge is 0.462 e. The SMILES string of the molecule is CCOC(=O)c1c(N/N=C(\C#N)c2nc3ccccc3[nH]2)sc(SC#N)c1-c1ccccc1. The Morgan fingerprint density at radius 2 is 1.97 bits per heavy atom. The first kappa shape index (κ1) is 22.1. The van der Waals surface area contributed by atoms with Gasteiger partial charge in [0.1, 0.15) is 22.0 Å². The Bertz CT molecular complexity index is 1390. The average Bonchev–Trinajstić information content (AvgIpc) is 3.42. The standard InChI is InChI=1S/C23H16N6O2S2/c1-2-31-22(30)19-18(14-8-4-3-5-9-14)23(32-13-25)33-21(19)29-28-17(12-24)20-26-15-10-6-7-11-16(15)27-20/h3-11,29H,2H2,1H3,(H,26,27)/b28-17+. The van der Waals surface area contributed by atoms with Crippen LogP contribution in [-0.2, 0) is 4.74 Å². The number of hydrogen-bond donors (Lipinski definition) is 2. The van der Waals surface area contributed by atoms with Gasteiger partial charge < -0.3 is 9.72 Å². The van der Waals surface area contributed by atoms with E-state index in [4.69, 9.17) is 4.74 Å². The fourth-order valence-electron chi connectivity index (χ4n) is 3.17. The van der Waals surface area contributed by atoms with E-state index in [1.54, 1.807) is 6.92 Å². The fraction of sp³-hybridized carbons (Fsp3) is 0.0870. The Kier molecular flexibility index (Phi) is 6.69. The first-order valence-corrected chi connectivity index (χ1v) is 11.4. The Morgan fingerprint density at radius 3 is 2.67 bits per heavy atom. The van der Waals surface area contributed by atoms with Crippen LogP contribution in [0.3, 0.4) is 0 Å². The number of rotatable bonds is 7. The first-order valence-electron chi connectivity index (χ1n) is 9.80. The molecule has 10 heteroatoms. The molecule has 0 aliphatic carbocycles. The molecule has 0 amide bonds. The lowest BCUT2D eigenvalue weighted by Crippen LogP contribution is -2.09. The predicted octanol–water partition coefficient (Wildman–Crippen LogP) is 5.38. The molecule has 162 valence electrons. The maximum atomic E-state index is 12.9. The summed E-state index contributed by atoms with van der Waals surface area (Å²) in [5, 5.41) is 25.6. The molecule has 0 bridgehead atoms. The van der Waals surface area contributed by atoms with Crippen LogP contribution >= 0.6 is 23.1 Å². The van der Waals surface area contributed by atoms with E-state index in [1.807, 2.05) is 60.7 Å². The number of hydrogen-bond acceptors (Lipinski definition) is 9. The van der Waals surface area contributed by atoms with Crippen LogP contribution in [0.25, 0.3) is 22.2 Å². The van der Waals surface area contributed by atoms with Gasteiger partial charge in [-0.15, -0.1) is 11.3 Å². The van der Waals surface area contributed by atoms with Crippen LogP contribution in [0.5, 0.6) is 0 Å². The highest BCUT2D eigenvalue weighted by atomic mass is 32.2. The van der Waals surface area contributed by atoms with Crippen LogP contribution in [0, 0.1) is 22.0 Å². The van der Waals surface area contributed by atoms with E-state index in [9.17, 15) is 15.3 Å². The number of anilines is 1. The van der Waals surface area contributed by atoms with E-state index in [0.717, 1.165) is 22.8 Å². The summed E-state index contributed by atoms with van der Waals surface area (Å²) in [6.07, 6.45) is 0. The number of nitrogens with zero attached hydrogens (tertiary/aromatic N) is 4. The summed E-state index contributed by atoms with van der Waals surface area (Å²) >= 11 is 2.14. The minimum Gasteiger partial charge on any atom is -0.462 e. The number of thioether (sulfide) groups is 1. The quantitative estimate of drug-likeness (QED) is 0.121. The molecule has 2 aromatic heterocycles. The minimum atomic E-state index is -0.544. The summed E-state index contributed by atoms with van der Waals surface area (Å²) in [4.78, 5) is 20.4. The fourth-order valence-corrected chi connectivity index (χ4v) is 4.99. The molecule has 2 aromatic carbocycles. The van der Waals surface area contributed by atoms with E-state index >= 15 is 0 Å². The van der Waals surface area contributed by atoms with Crippen molar-refractivity contribution in [3.8, 4) is 22.6 Å². The van der Waals surface area contributed by atoms with Crippen molar-refractivity contribution in [2.24, 2.45) is 5.10 Å². The summed E-state index contributed by atoms with van der Waals surface area (Å²) in [7, 11) is 0. The number of ether oxygens (including phenoxy) is 1. The Balaban J connectivity index is 1.80. The lowest BCUT2D eigenvalue weighted by Gasteiger charge is -2.08. The molecule has 0 unspecified atom stereocenters. The molecule has 33 heavy (non-hydrogen) atoms. The molecular weight excluding hydrogens is 456 g/mol. The highest BCUT2D eigenvalue weighted by Crippen LogP contribution is 2.45. The van der Waals surface area contributed by atoms with Crippen molar-refractivity contribution in [2.45, 2.75) is 11.1 Å². The number of aromatic amines is 1. The molecule has 4 rings (SSSR count). The molecular formula is C23H16N6O2S2. The highest BCUT2D eigenvalue weighted by molar-refractivity contribution is 8.05. The van der Waals surface area contributed by atoms with Crippen molar-refractivity contribution >= 4 is 50.8 Å². The van der Waals surface area contributed by atoms with Gasteiger partial charge in [0.05, 0.1) is 21.8 Å². The Hall–Kier alpha value is -4.12. The number of esters is 1. The zero-order chi connectivity index (χ0) is 23.2. The lowest BCUT2D eigenvalue weighted by atomic mass is 10.0. The molecule has 0 spiro atoms. The van der Waals surface area contributed by atoms with E-state index < -0.39 is 5.97 Å². The van der Waals surface area contributed by atoms with Crippen molar-refractivity contribution in [2.75, 3.05) is 12.0 Å². The van der Waals surface area contributed by atoms with Crippen molar-refractivity contribution in [1.29, 1.82) is 10.5 Å². The van der Waals surface area contributed by atoms with E-state index in [2.05, 4.69) is 25.9 Å². The van der Waals surface area contributed by atoms with Crippen LogP contribution in [0.1, 0.15) is 23.1 Å². The number of nitriles is 2. The van der Waals surface area contributed by atoms with Gasteiger partial charge in [0.2, 0.25) is 5.71 Å². The number of carbonyl (C=O) groups excluding carboxylic acids is 1. The first-order chi connectivity index (χ1) is 16.2. The molecule has 2 N–H and O–H groups in total. The number of H-pyrrole nitrogens is 1. The van der Waals surface area contributed by atoms with E-state index in [1.165, 1.54) is 11.3 Å². The third kappa shape index (κ3) is 4.58. The van der Waals surface area contributed by atoms with E-state index in [-0.39, 0.29) is 17.9 Å². The Labute approximate surface area is 197 Å². The molecule has 0 atom stereocenters. The van der Waals surface area contributed by atoms with Crippen LogP contribution in [-0.4, -0.2) is 28.3 Å². The van der Waals surface area contributed by atoms with Crippen LogP contribution < -0.4 is 5.43 Å². The highest BCUT2D eigenvalue weighted by Gasteiger charge is 2.26. The molecule has 0 aliphatic rings. The maximum absolute atomic E-state index is 12.9. The van der Waals surface area contributed by atoms with Gasteiger partial charge in [-0.1, -0.05) is 42.5 Å². The number of aromatic nitrogens is 2. The van der Waals surface area contributed by atoms with Crippen LogP contribution in [0.2, 0.25) is 0 Å². The van der Waals surface area contributed by atoms with Crippen molar-refractivity contribution < 1.29 is 9.53 Å². The topological polar surface area (TPSA) is 127 Å². The van der Waals surface area contributed by atoms with Crippen LogP contribution in [0.15, 0.2) is 63.9 Å². The van der Waals surface area contributed by atoms with Gasteiger partial charge in [-0.3, -0.25) is 5.43 Å². The molecule has 4 aromatic rings. The molecule has 2 heterocycles. The normalized spacial score (nSPS) is 11.1. The van der Waals surface area contributed by atoms with Crippen molar-refractivity contribution in [3.05, 3.63) is 66.0 Å². The van der Waals surface area contributed by atoms with Crippen molar-refractivity contribution in [1.82, 2.24) is 9.97 Å². The number of thiocyanates is 1. The number of thiophene rings is 1. The van der Waals surface area contributed by atoms with Gasteiger partial charge in [0.15, 0.2) is 5.82 Å². The average molecular weight is 473 g/mol. The molecule has 0 saturated heterocycles. The second-order valence-electron chi connectivity index (χ2n) is 6.54. The summed E-state index contributed by atoms with van der Waals surface area (Å²) < 4.78 is 5.90. The van der Waals surface area contributed by atoms with Gasteiger partial charge in [-0.2, -0.15) is 15.6 Å². The molecule has 0 saturated carbocycles. The number of carbonyl (C=O) groups is 1. The third-order valence-corrected chi connectivity index (χ3v) is 6.42. The predicted molar refractivity (Wildman–Crippen MR) is 129 cm³/mol. The monoisotopic (exact) mass is 472 g/mol. The van der Waals surface area contributed by atoms with E-state index in [0.29, 0.717) is 26.1 Å². The van der Waals surface area contributed by atoms with Crippen molar-refractivity contribution in [3.63, 3.8) is 0 Å². The minimum absolute atomic E-state index is 0.0187. The molecule has 0 radical (unpaired) electrons. The number of para-hydroxylation sites is 2. The number of fused-ring (bicyclic) bond motifs is 1. The smallest absolute Gasteiger partial charge is 0.341 e. The number of nitrogens with one attached hydrogen (secondary N) is 2. The second kappa shape index (κ2) is 10.0. The molecule has 0 fully saturated rings. The second-order valence-corrected chi connectivity index (χ2v) is 8.61. The van der Waals surface area contributed by atoms with Gasteiger partial charge in [-0.05, 0) is 24.6 Å². The third-order valence-electron chi connectivity index (χ3n) is 4.55. The molecule has 8 nitrogen and oxygen atoms in total. The summed E-state index contributed by atoms with van der Waals surface area (Å²) in [6, 6.07) is 18.7. The summed E-state index contributed by atoms with van der Waals surface area (Å²) in [6.45, 7) is 1.91. The maximum Gasteiger partial charge on any atom is 0.341 e. The van der Waals surface area contributed by atoms with Gasteiger partial charge in [-0.25, -0.2) is 9.78 Å². The van der Waals surface area contributed by atoms with Gasteiger partial charge in [0.25, 0.3) is 0 Å². The lowest BCUT2D eigenvalue weighted by molar-refractivity contribution is 0.0528. The summed E-state index contributed by atoms with van der Waals surface area (Å²) in [5.41, 5.74) is 5.95. The van der Waals surface area contributed by atoms with Gasteiger partial charge >= 0.3 is 5.97 Å². The Morgan fingerprint density at radius 1 is 1.21 bits per heavy atom. The molecule has 0 aliphatic heterocycles.